The molecule has 19 heavy (non-hydrogen) atoms. The van der Waals surface area contributed by atoms with E-state index in [0.717, 1.165) is 19.3 Å². The van der Waals surface area contributed by atoms with Gasteiger partial charge in [0.2, 0.25) is 10.0 Å². The summed E-state index contributed by atoms with van der Waals surface area (Å²) >= 11 is 0. The average Bonchev–Trinajstić information content (AvgIpc) is 2.73. The molecule has 0 amide bonds. The number of sulfonamides is 1. The predicted octanol–water partition coefficient (Wildman–Crippen LogP) is 1.50. The summed E-state index contributed by atoms with van der Waals surface area (Å²) in [5, 5.41) is 5.06. The standard InChI is InChI=1S/C12H20N2O4S/c1-3-5-7-18-12(15)11-8-10(19(13,16)17)9-14(11)6-4-2/h8-9H,3-7H2,1-2H3,(H2,13,16,17). The molecule has 0 bridgehead atoms. The maximum atomic E-state index is 11.9. The van der Waals surface area contributed by atoms with Crippen molar-refractivity contribution in [2.24, 2.45) is 5.14 Å². The molecule has 0 fully saturated rings. The number of esters is 1. The minimum atomic E-state index is -3.81. The van der Waals surface area contributed by atoms with Crippen molar-refractivity contribution in [3.8, 4) is 0 Å². The summed E-state index contributed by atoms with van der Waals surface area (Å²) in [6.45, 7) is 4.79. The number of hydrogen-bond donors (Lipinski definition) is 1. The number of aryl methyl sites for hydroxylation is 1. The molecule has 7 heteroatoms. The molecule has 0 aromatic carbocycles. The largest absolute Gasteiger partial charge is 0.461 e. The van der Waals surface area contributed by atoms with Crippen LogP contribution < -0.4 is 5.14 Å². The maximum absolute atomic E-state index is 11.9. The summed E-state index contributed by atoms with van der Waals surface area (Å²) in [5.41, 5.74) is 0.224. The Morgan fingerprint density at radius 1 is 1.37 bits per heavy atom. The first-order valence-electron chi connectivity index (χ1n) is 6.30. The van der Waals surface area contributed by atoms with Gasteiger partial charge in [0.1, 0.15) is 10.6 Å². The third kappa shape index (κ3) is 4.36. The van der Waals surface area contributed by atoms with E-state index in [1.807, 2.05) is 13.8 Å². The first kappa shape index (κ1) is 15.7. The molecule has 1 aromatic rings. The number of carbonyl (C=O) groups is 1. The monoisotopic (exact) mass is 288 g/mol. The van der Waals surface area contributed by atoms with Gasteiger partial charge < -0.3 is 9.30 Å². The molecule has 1 aromatic heterocycles. The SMILES string of the molecule is CCCCOC(=O)c1cc(S(N)(=O)=O)cn1CCC. The highest BCUT2D eigenvalue weighted by atomic mass is 32.2. The van der Waals surface area contributed by atoms with Crippen molar-refractivity contribution in [3.63, 3.8) is 0 Å². The lowest BCUT2D eigenvalue weighted by Gasteiger charge is -2.07. The van der Waals surface area contributed by atoms with Crippen LogP contribution in [0.2, 0.25) is 0 Å². The van der Waals surface area contributed by atoms with Gasteiger partial charge in [-0.05, 0) is 18.9 Å². The summed E-state index contributed by atoms with van der Waals surface area (Å²) < 4.78 is 29.2. The highest BCUT2D eigenvalue weighted by molar-refractivity contribution is 7.89. The van der Waals surface area contributed by atoms with Crippen LogP contribution in [0.25, 0.3) is 0 Å². The second-order valence-electron chi connectivity index (χ2n) is 4.29. The molecule has 6 nitrogen and oxygen atoms in total. The quantitative estimate of drug-likeness (QED) is 0.608. The van der Waals surface area contributed by atoms with Crippen LogP contribution in [0.5, 0.6) is 0 Å². The van der Waals surface area contributed by atoms with Gasteiger partial charge in [-0.3, -0.25) is 0 Å². The Labute approximate surface area is 113 Å². The van der Waals surface area contributed by atoms with Gasteiger partial charge in [-0.15, -0.1) is 0 Å². The van der Waals surface area contributed by atoms with Gasteiger partial charge in [0.05, 0.1) is 6.61 Å². The third-order valence-electron chi connectivity index (χ3n) is 2.60. The van der Waals surface area contributed by atoms with Gasteiger partial charge in [0.25, 0.3) is 0 Å². The molecule has 0 aliphatic carbocycles. The topological polar surface area (TPSA) is 91.4 Å². The third-order valence-corrected chi connectivity index (χ3v) is 3.49. The number of nitrogens with two attached hydrogens (primary N) is 1. The molecule has 1 rings (SSSR count). The summed E-state index contributed by atoms with van der Waals surface area (Å²) in [6.07, 6.45) is 3.84. The molecular weight excluding hydrogens is 268 g/mol. The Kier molecular flexibility index (Phi) is 5.56. The number of rotatable bonds is 7. The van der Waals surface area contributed by atoms with Crippen LogP contribution >= 0.6 is 0 Å². The Morgan fingerprint density at radius 3 is 2.58 bits per heavy atom. The van der Waals surface area contributed by atoms with E-state index in [4.69, 9.17) is 9.88 Å². The van der Waals surface area contributed by atoms with Crippen molar-refractivity contribution in [1.82, 2.24) is 4.57 Å². The maximum Gasteiger partial charge on any atom is 0.354 e. The number of unbranched alkanes of at least 4 members (excludes halogenated alkanes) is 1. The first-order chi connectivity index (χ1) is 8.90. The molecule has 0 spiro atoms. The normalized spacial score (nSPS) is 11.5. The van der Waals surface area contributed by atoms with Crippen LogP contribution in [-0.2, 0) is 21.3 Å². The lowest BCUT2D eigenvalue weighted by Crippen LogP contribution is -2.12. The van der Waals surface area contributed by atoms with Gasteiger partial charge in [0, 0.05) is 12.7 Å². The zero-order valence-electron chi connectivity index (χ0n) is 11.3. The summed E-state index contributed by atoms with van der Waals surface area (Å²) in [4.78, 5) is 11.8. The fourth-order valence-corrected chi connectivity index (χ4v) is 2.17. The lowest BCUT2D eigenvalue weighted by molar-refractivity contribution is 0.0487. The Balaban J connectivity index is 2.97. The predicted molar refractivity (Wildman–Crippen MR) is 71.3 cm³/mol. The Morgan fingerprint density at radius 2 is 2.05 bits per heavy atom. The summed E-state index contributed by atoms with van der Waals surface area (Å²) in [5.74, 6) is -0.517. The number of aromatic nitrogens is 1. The number of ether oxygens (including phenoxy) is 1. The van der Waals surface area contributed by atoms with E-state index < -0.39 is 16.0 Å². The highest BCUT2D eigenvalue weighted by Gasteiger charge is 2.19. The van der Waals surface area contributed by atoms with Gasteiger partial charge in [-0.2, -0.15) is 0 Å². The zero-order chi connectivity index (χ0) is 14.5. The summed E-state index contributed by atoms with van der Waals surface area (Å²) in [7, 11) is -3.81. The Hall–Kier alpha value is -1.34. The van der Waals surface area contributed by atoms with E-state index in [1.54, 1.807) is 4.57 Å². The second kappa shape index (κ2) is 6.72. The van der Waals surface area contributed by atoms with Gasteiger partial charge in [-0.1, -0.05) is 20.3 Å². The van der Waals surface area contributed by atoms with Crippen molar-refractivity contribution in [3.05, 3.63) is 18.0 Å². The molecule has 0 radical (unpaired) electrons. The molecule has 0 saturated heterocycles. The fraction of sp³-hybridized carbons (Fsp3) is 0.583. The molecule has 0 aliphatic heterocycles. The Bertz CT molecular complexity index is 534. The molecule has 0 unspecified atom stereocenters. The number of carbonyl (C=O) groups excluding carboxylic acids is 1. The van der Waals surface area contributed by atoms with Gasteiger partial charge in [-0.25, -0.2) is 18.4 Å². The van der Waals surface area contributed by atoms with Crippen LogP contribution in [0, 0.1) is 0 Å². The van der Waals surface area contributed by atoms with Crippen molar-refractivity contribution in [2.45, 2.75) is 44.6 Å². The van der Waals surface area contributed by atoms with Gasteiger partial charge in [0.15, 0.2) is 0 Å². The number of primary sulfonamides is 1. The van der Waals surface area contributed by atoms with E-state index >= 15 is 0 Å². The van der Waals surface area contributed by atoms with Crippen LogP contribution in [-0.4, -0.2) is 25.6 Å². The lowest BCUT2D eigenvalue weighted by atomic mass is 10.3. The van der Waals surface area contributed by atoms with Crippen molar-refractivity contribution in [1.29, 1.82) is 0 Å². The minimum Gasteiger partial charge on any atom is -0.461 e. The average molecular weight is 288 g/mol. The molecule has 0 saturated carbocycles. The molecular formula is C12H20N2O4S. The van der Waals surface area contributed by atoms with E-state index in [2.05, 4.69) is 0 Å². The minimum absolute atomic E-state index is 0.0663. The molecule has 0 aliphatic rings. The van der Waals surface area contributed by atoms with Crippen molar-refractivity contribution >= 4 is 16.0 Å². The number of hydrogen-bond acceptors (Lipinski definition) is 4. The second-order valence-corrected chi connectivity index (χ2v) is 5.85. The molecule has 1 heterocycles. The van der Waals surface area contributed by atoms with E-state index in [1.165, 1.54) is 12.3 Å². The molecule has 2 N–H and O–H groups in total. The van der Waals surface area contributed by atoms with E-state index in [-0.39, 0.29) is 10.6 Å². The smallest absolute Gasteiger partial charge is 0.354 e. The highest BCUT2D eigenvalue weighted by Crippen LogP contribution is 2.15. The van der Waals surface area contributed by atoms with Gasteiger partial charge >= 0.3 is 5.97 Å². The van der Waals surface area contributed by atoms with Crippen LogP contribution in [0.4, 0.5) is 0 Å². The fourth-order valence-electron chi connectivity index (χ4n) is 1.62. The van der Waals surface area contributed by atoms with Crippen LogP contribution in [0.15, 0.2) is 17.2 Å². The van der Waals surface area contributed by atoms with Crippen molar-refractivity contribution in [2.75, 3.05) is 6.61 Å². The molecule has 108 valence electrons. The first-order valence-corrected chi connectivity index (χ1v) is 7.84. The van der Waals surface area contributed by atoms with E-state index in [9.17, 15) is 13.2 Å². The summed E-state index contributed by atoms with van der Waals surface area (Å²) in [6, 6.07) is 1.26. The zero-order valence-corrected chi connectivity index (χ0v) is 12.1. The van der Waals surface area contributed by atoms with Crippen LogP contribution in [0.1, 0.15) is 43.6 Å². The number of nitrogens with zero attached hydrogens (tertiary/aromatic N) is 1. The van der Waals surface area contributed by atoms with Crippen LogP contribution in [0.3, 0.4) is 0 Å². The molecule has 0 atom stereocenters. The van der Waals surface area contributed by atoms with Crippen molar-refractivity contribution < 1.29 is 17.9 Å². The van der Waals surface area contributed by atoms with E-state index in [0.29, 0.717) is 13.2 Å².